The molecule has 28 heavy (non-hydrogen) atoms. The van der Waals surface area contributed by atoms with E-state index >= 15 is 0 Å². The normalized spacial score (nSPS) is 10.4. The summed E-state index contributed by atoms with van der Waals surface area (Å²) in [6.45, 7) is 2.44. The van der Waals surface area contributed by atoms with Crippen LogP contribution in [0.25, 0.3) is 0 Å². The third kappa shape index (κ3) is 4.53. The van der Waals surface area contributed by atoms with Gasteiger partial charge in [0.05, 0.1) is 10.6 Å². The van der Waals surface area contributed by atoms with Gasteiger partial charge in [-0.25, -0.2) is 0 Å². The van der Waals surface area contributed by atoms with Gasteiger partial charge in [-0.05, 0) is 55.5 Å². The minimum absolute atomic E-state index is 0.144. The smallest absolute Gasteiger partial charge is 0.258 e. The number of rotatable bonds is 5. The SMILES string of the molecule is CCN(C(=O)c1cccc(NC(=O)c2ccc(Cl)cc2Cl)c1)c1ccccc1. The van der Waals surface area contributed by atoms with Crippen molar-refractivity contribution in [2.24, 2.45) is 0 Å². The Hall–Kier alpha value is -2.82. The second kappa shape index (κ2) is 8.91. The number of nitrogens with one attached hydrogen (secondary N) is 1. The van der Waals surface area contributed by atoms with Gasteiger partial charge in [0.2, 0.25) is 0 Å². The Bertz CT molecular complexity index is 1010. The number of amides is 2. The Kier molecular flexibility index (Phi) is 6.34. The maximum atomic E-state index is 13.0. The van der Waals surface area contributed by atoms with E-state index in [0.717, 1.165) is 5.69 Å². The molecule has 0 atom stereocenters. The lowest BCUT2D eigenvalue weighted by Crippen LogP contribution is -2.30. The van der Waals surface area contributed by atoms with E-state index in [0.29, 0.717) is 28.4 Å². The number of carbonyl (C=O) groups is 2. The molecule has 6 heteroatoms. The standard InChI is InChI=1S/C22H18Cl2N2O2/c1-2-26(18-9-4-3-5-10-18)22(28)15-7-6-8-17(13-15)25-21(27)19-12-11-16(23)14-20(19)24/h3-14H,2H2,1H3,(H,25,27). The third-order valence-corrected chi connectivity index (χ3v) is 4.72. The van der Waals surface area contributed by atoms with Crippen LogP contribution in [0.1, 0.15) is 27.6 Å². The fourth-order valence-electron chi connectivity index (χ4n) is 2.81. The van der Waals surface area contributed by atoms with Crippen molar-refractivity contribution in [1.29, 1.82) is 0 Å². The molecule has 0 bridgehead atoms. The summed E-state index contributed by atoms with van der Waals surface area (Å²) in [5.74, 6) is -0.518. The van der Waals surface area contributed by atoms with E-state index < -0.39 is 0 Å². The van der Waals surface area contributed by atoms with Gasteiger partial charge in [-0.15, -0.1) is 0 Å². The van der Waals surface area contributed by atoms with Crippen LogP contribution in [-0.2, 0) is 0 Å². The van der Waals surface area contributed by atoms with Crippen LogP contribution in [0.2, 0.25) is 10.0 Å². The van der Waals surface area contributed by atoms with Crippen LogP contribution in [-0.4, -0.2) is 18.4 Å². The molecule has 142 valence electrons. The molecule has 0 fully saturated rings. The summed E-state index contributed by atoms with van der Waals surface area (Å²) < 4.78 is 0. The van der Waals surface area contributed by atoms with E-state index in [-0.39, 0.29) is 16.8 Å². The average molecular weight is 413 g/mol. The Morgan fingerprint density at radius 2 is 1.68 bits per heavy atom. The number of hydrogen-bond donors (Lipinski definition) is 1. The predicted molar refractivity (Wildman–Crippen MR) is 115 cm³/mol. The van der Waals surface area contributed by atoms with E-state index in [2.05, 4.69) is 5.32 Å². The molecule has 0 unspecified atom stereocenters. The molecule has 3 aromatic rings. The topological polar surface area (TPSA) is 49.4 Å². The lowest BCUT2D eigenvalue weighted by molar-refractivity contribution is 0.0985. The molecule has 0 heterocycles. The first-order chi connectivity index (χ1) is 13.5. The van der Waals surface area contributed by atoms with Crippen molar-refractivity contribution < 1.29 is 9.59 Å². The molecule has 3 aromatic carbocycles. The lowest BCUT2D eigenvalue weighted by Gasteiger charge is -2.21. The summed E-state index contributed by atoms with van der Waals surface area (Å²) in [6, 6.07) is 20.9. The maximum absolute atomic E-state index is 13.0. The van der Waals surface area contributed by atoms with Gasteiger partial charge in [-0.1, -0.05) is 47.5 Å². The summed E-state index contributed by atoms with van der Waals surface area (Å²) in [5, 5.41) is 3.49. The molecule has 0 aromatic heterocycles. The van der Waals surface area contributed by atoms with Crippen molar-refractivity contribution in [2.75, 3.05) is 16.8 Å². The first-order valence-corrected chi connectivity index (χ1v) is 9.48. The number of nitrogens with zero attached hydrogens (tertiary/aromatic N) is 1. The van der Waals surface area contributed by atoms with Crippen LogP contribution >= 0.6 is 23.2 Å². The van der Waals surface area contributed by atoms with Crippen molar-refractivity contribution in [1.82, 2.24) is 0 Å². The van der Waals surface area contributed by atoms with Gasteiger partial charge >= 0.3 is 0 Å². The van der Waals surface area contributed by atoms with Gasteiger partial charge in [0.15, 0.2) is 0 Å². The van der Waals surface area contributed by atoms with Gasteiger partial charge < -0.3 is 10.2 Å². The highest BCUT2D eigenvalue weighted by molar-refractivity contribution is 6.37. The van der Waals surface area contributed by atoms with E-state index in [1.165, 1.54) is 6.07 Å². The molecule has 0 radical (unpaired) electrons. The van der Waals surface area contributed by atoms with Crippen LogP contribution in [0.5, 0.6) is 0 Å². The lowest BCUT2D eigenvalue weighted by atomic mass is 10.1. The van der Waals surface area contributed by atoms with Gasteiger partial charge in [0.25, 0.3) is 11.8 Å². The van der Waals surface area contributed by atoms with Gasteiger partial charge in [0.1, 0.15) is 0 Å². The Morgan fingerprint density at radius 3 is 2.36 bits per heavy atom. The number of benzene rings is 3. The number of carbonyl (C=O) groups excluding carboxylic acids is 2. The first kappa shape index (κ1) is 19.9. The van der Waals surface area contributed by atoms with E-state index in [4.69, 9.17) is 23.2 Å². The van der Waals surface area contributed by atoms with Crippen LogP contribution in [0.15, 0.2) is 72.8 Å². The molecule has 3 rings (SSSR count). The van der Waals surface area contributed by atoms with Crippen molar-refractivity contribution >= 4 is 46.4 Å². The maximum Gasteiger partial charge on any atom is 0.258 e. The molecule has 1 N–H and O–H groups in total. The summed E-state index contributed by atoms with van der Waals surface area (Å²) in [4.78, 5) is 27.1. The predicted octanol–water partition coefficient (Wildman–Crippen LogP) is 5.91. The van der Waals surface area contributed by atoms with Gasteiger partial charge in [0, 0.05) is 28.5 Å². The summed E-state index contributed by atoms with van der Waals surface area (Å²) in [6.07, 6.45) is 0. The first-order valence-electron chi connectivity index (χ1n) is 8.73. The van der Waals surface area contributed by atoms with E-state index in [9.17, 15) is 9.59 Å². The zero-order valence-electron chi connectivity index (χ0n) is 15.2. The largest absolute Gasteiger partial charge is 0.322 e. The highest BCUT2D eigenvalue weighted by Crippen LogP contribution is 2.23. The summed E-state index contributed by atoms with van der Waals surface area (Å²) >= 11 is 12.0. The van der Waals surface area contributed by atoms with E-state index in [1.54, 1.807) is 41.3 Å². The van der Waals surface area contributed by atoms with E-state index in [1.807, 2.05) is 37.3 Å². The minimum Gasteiger partial charge on any atom is -0.322 e. The van der Waals surface area contributed by atoms with Crippen LogP contribution in [0.4, 0.5) is 11.4 Å². The monoisotopic (exact) mass is 412 g/mol. The quantitative estimate of drug-likeness (QED) is 0.565. The molecular weight excluding hydrogens is 395 g/mol. The average Bonchev–Trinajstić information content (AvgIpc) is 2.69. The molecule has 4 nitrogen and oxygen atoms in total. The van der Waals surface area contributed by atoms with Gasteiger partial charge in [-0.3, -0.25) is 9.59 Å². The summed E-state index contributed by atoms with van der Waals surface area (Å²) in [5.41, 5.74) is 2.11. The molecule has 0 aliphatic heterocycles. The highest BCUT2D eigenvalue weighted by atomic mass is 35.5. The van der Waals surface area contributed by atoms with Crippen molar-refractivity contribution in [3.63, 3.8) is 0 Å². The fraction of sp³-hybridized carbons (Fsp3) is 0.0909. The zero-order chi connectivity index (χ0) is 20.1. The Labute approximate surface area is 173 Å². The second-order valence-corrected chi connectivity index (χ2v) is 6.89. The molecule has 0 saturated carbocycles. The molecule has 0 saturated heterocycles. The molecule has 0 aliphatic rings. The third-order valence-electron chi connectivity index (χ3n) is 4.17. The van der Waals surface area contributed by atoms with Crippen molar-refractivity contribution in [2.45, 2.75) is 6.92 Å². The number of anilines is 2. The number of para-hydroxylation sites is 1. The summed E-state index contributed by atoms with van der Waals surface area (Å²) in [7, 11) is 0. The molecule has 2 amide bonds. The van der Waals surface area contributed by atoms with Crippen LogP contribution < -0.4 is 10.2 Å². The van der Waals surface area contributed by atoms with Crippen molar-refractivity contribution in [3.05, 3.63) is 94.0 Å². The molecular formula is C22H18Cl2N2O2. The van der Waals surface area contributed by atoms with Crippen molar-refractivity contribution in [3.8, 4) is 0 Å². The number of hydrogen-bond acceptors (Lipinski definition) is 2. The zero-order valence-corrected chi connectivity index (χ0v) is 16.7. The molecule has 0 spiro atoms. The Balaban J connectivity index is 1.81. The second-order valence-electron chi connectivity index (χ2n) is 6.04. The highest BCUT2D eigenvalue weighted by Gasteiger charge is 2.17. The minimum atomic E-state index is -0.373. The number of halogens is 2. The van der Waals surface area contributed by atoms with Crippen LogP contribution in [0, 0.1) is 0 Å². The fourth-order valence-corrected chi connectivity index (χ4v) is 3.30. The molecule has 0 aliphatic carbocycles. The van der Waals surface area contributed by atoms with Crippen LogP contribution in [0.3, 0.4) is 0 Å². The Morgan fingerprint density at radius 1 is 0.929 bits per heavy atom. The van der Waals surface area contributed by atoms with Gasteiger partial charge in [-0.2, -0.15) is 0 Å².